The molecule has 0 radical (unpaired) electrons. The molecule has 0 saturated carbocycles. The largest absolute Gasteiger partial charge is 0.494 e. The van der Waals surface area contributed by atoms with E-state index in [0.717, 1.165) is 32.5 Å². The molecule has 1 fully saturated rings. The summed E-state index contributed by atoms with van der Waals surface area (Å²) in [6.45, 7) is 2.46. The van der Waals surface area contributed by atoms with Crippen molar-refractivity contribution >= 4 is 5.95 Å². The van der Waals surface area contributed by atoms with Crippen molar-refractivity contribution in [1.82, 2.24) is 15.2 Å². The van der Waals surface area contributed by atoms with Crippen molar-refractivity contribution in [1.29, 1.82) is 0 Å². The van der Waals surface area contributed by atoms with Gasteiger partial charge in [0.05, 0.1) is 25.6 Å². The standard InChI is InChI=1S/C17H21FN4O2/c1-23-11-12-4-3-7-22(10-12)17-20-15(9-19-21-17)13-5-6-16(24-2)14(18)8-13/h5-6,8-9,12H,3-4,7,10-11H2,1-2H3. The summed E-state index contributed by atoms with van der Waals surface area (Å²) in [5, 5.41) is 8.19. The maximum absolute atomic E-state index is 13.9. The maximum Gasteiger partial charge on any atom is 0.245 e. The SMILES string of the molecule is COCC1CCCN(c2nncc(-c3ccc(OC)c(F)c3)n2)C1. The molecule has 1 aliphatic heterocycles. The summed E-state index contributed by atoms with van der Waals surface area (Å²) in [5.74, 6) is 0.826. The fraction of sp³-hybridized carbons (Fsp3) is 0.471. The van der Waals surface area contributed by atoms with Crippen LogP contribution in [0.1, 0.15) is 12.8 Å². The minimum Gasteiger partial charge on any atom is -0.494 e. The third-order valence-corrected chi connectivity index (χ3v) is 4.20. The van der Waals surface area contributed by atoms with Crippen LogP contribution in [-0.2, 0) is 4.74 Å². The van der Waals surface area contributed by atoms with Gasteiger partial charge in [-0.25, -0.2) is 9.37 Å². The molecule has 0 spiro atoms. The lowest BCUT2D eigenvalue weighted by atomic mass is 9.99. The number of rotatable bonds is 5. The molecule has 1 atom stereocenters. The molecular weight excluding hydrogens is 311 g/mol. The van der Waals surface area contributed by atoms with Gasteiger partial charge in [0.15, 0.2) is 11.6 Å². The summed E-state index contributed by atoms with van der Waals surface area (Å²) >= 11 is 0. The zero-order chi connectivity index (χ0) is 16.9. The molecule has 0 aliphatic carbocycles. The summed E-state index contributed by atoms with van der Waals surface area (Å²) in [7, 11) is 3.16. The molecular formula is C17H21FN4O2. The molecule has 1 aliphatic rings. The Bertz CT molecular complexity index is 696. The van der Waals surface area contributed by atoms with Crippen LogP contribution in [0.25, 0.3) is 11.3 Å². The van der Waals surface area contributed by atoms with Gasteiger partial charge in [0.25, 0.3) is 0 Å². The van der Waals surface area contributed by atoms with E-state index in [0.29, 0.717) is 23.1 Å². The number of hydrogen-bond donors (Lipinski definition) is 0. The Morgan fingerprint density at radius 2 is 2.21 bits per heavy atom. The highest BCUT2D eigenvalue weighted by Crippen LogP contribution is 2.26. The van der Waals surface area contributed by atoms with Gasteiger partial charge >= 0.3 is 0 Å². The second-order valence-corrected chi connectivity index (χ2v) is 5.90. The van der Waals surface area contributed by atoms with Crippen molar-refractivity contribution in [2.24, 2.45) is 5.92 Å². The first kappa shape index (κ1) is 16.6. The van der Waals surface area contributed by atoms with E-state index in [-0.39, 0.29) is 5.75 Å². The van der Waals surface area contributed by atoms with Crippen LogP contribution >= 0.6 is 0 Å². The highest BCUT2D eigenvalue weighted by Gasteiger charge is 2.22. The van der Waals surface area contributed by atoms with E-state index in [2.05, 4.69) is 20.1 Å². The monoisotopic (exact) mass is 332 g/mol. The van der Waals surface area contributed by atoms with Crippen LogP contribution in [0.15, 0.2) is 24.4 Å². The van der Waals surface area contributed by atoms with E-state index in [1.807, 2.05) is 0 Å². The van der Waals surface area contributed by atoms with E-state index in [9.17, 15) is 4.39 Å². The average molecular weight is 332 g/mol. The lowest BCUT2D eigenvalue weighted by Gasteiger charge is -2.32. The fourth-order valence-electron chi connectivity index (χ4n) is 3.01. The number of anilines is 1. The molecule has 2 aromatic rings. The lowest BCUT2D eigenvalue weighted by molar-refractivity contribution is 0.143. The molecule has 2 heterocycles. The molecule has 0 bridgehead atoms. The summed E-state index contributed by atoms with van der Waals surface area (Å²) in [4.78, 5) is 6.68. The molecule has 24 heavy (non-hydrogen) atoms. The number of nitrogens with zero attached hydrogens (tertiary/aromatic N) is 4. The molecule has 0 amide bonds. The van der Waals surface area contributed by atoms with Crippen LogP contribution in [-0.4, -0.2) is 49.1 Å². The van der Waals surface area contributed by atoms with Gasteiger partial charge in [-0.3, -0.25) is 0 Å². The Morgan fingerprint density at radius 1 is 1.33 bits per heavy atom. The van der Waals surface area contributed by atoms with Gasteiger partial charge in [-0.15, -0.1) is 5.10 Å². The predicted octanol–water partition coefficient (Wildman–Crippen LogP) is 2.55. The van der Waals surface area contributed by atoms with Crippen molar-refractivity contribution in [3.8, 4) is 17.0 Å². The Labute approximate surface area is 140 Å². The zero-order valence-corrected chi connectivity index (χ0v) is 13.9. The third-order valence-electron chi connectivity index (χ3n) is 4.20. The van der Waals surface area contributed by atoms with E-state index in [1.54, 1.807) is 25.4 Å². The number of piperidine rings is 1. The van der Waals surface area contributed by atoms with Crippen LogP contribution in [0.4, 0.5) is 10.3 Å². The van der Waals surface area contributed by atoms with E-state index >= 15 is 0 Å². The Kier molecular flexibility index (Phi) is 5.20. The number of aromatic nitrogens is 3. The van der Waals surface area contributed by atoms with Crippen LogP contribution in [0.2, 0.25) is 0 Å². The Hall–Kier alpha value is -2.28. The van der Waals surface area contributed by atoms with Crippen molar-refractivity contribution < 1.29 is 13.9 Å². The molecule has 1 aromatic heterocycles. The maximum atomic E-state index is 13.9. The van der Waals surface area contributed by atoms with Gasteiger partial charge in [0, 0.05) is 25.8 Å². The van der Waals surface area contributed by atoms with Crippen molar-refractivity contribution in [3.63, 3.8) is 0 Å². The number of methoxy groups -OCH3 is 2. The summed E-state index contributed by atoms with van der Waals surface area (Å²) in [5.41, 5.74) is 1.24. The smallest absolute Gasteiger partial charge is 0.245 e. The zero-order valence-electron chi connectivity index (χ0n) is 13.9. The number of benzene rings is 1. The lowest BCUT2D eigenvalue weighted by Crippen LogP contribution is -2.38. The Morgan fingerprint density at radius 3 is 2.96 bits per heavy atom. The minimum atomic E-state index is -0.423. The van der Waals surface area contributed by atoms with E-state index < -0.39 is 5.82 Å². The first-order chi connectivity index (χ1) is 11.7. The molecule has 7 heteroatoms. The van der Waals surface area contributed by atoms with Crippen LogP contribution in [0.5, 0.6) is 5.75 Å². The number of halogens is 1. The van der Waals surface area contributed by atoms with Gasteiger partial charge in [-0.1, -0.05) is 0 Å². The quantitative estimate of drug-likeness (QED) is 0.839. The van der Waals surface area contributed by atoms with Gasteiger partial charge in [0.2, 0.25) is 5.95 Å². The van der Waals surface area contributed by atoms with Crippen LogP contribution in [0.3, 0.4) is 0 Å². The van der Waals surface area contributed by atoms with Gasteiger partial charge in [0.1, 0.15) is 0 Å². The molecule has 128 valence electrons. The van der Waals surface area contributed by atoms with E-state index in [1.165, 1.54) is 13.2 Å². The molecule has 3 rings (SSSR count). The highest BCUT2D eigenvalue weighted by atomic mass is 19.1. The third kappa shape index (κ3) is 3.62. The first-order valence-electron chi connectivity index (χ1n) is 7.98. The second-order valence-electron chi connectivity index (χ2n) is 5.90. The highest BCUT2D eigenvalue weighted by molar-refractivity contribution is 5.60. The van der Waals surface area contributed by atoms with Gasteiger partial charge in [-0.2, -0.15) is 5.10 Å². The van der Waals surface area contributed by atoms with Crippen LogP contribution in [0, 0.1) is 11.7 Å². The van der Waals surface area contributed by atoms with E-state index in [4.69, 9.17) is 9.47 Å². The molecule has 1 saturated heterocycles. The van der Waals surface area contributed by atoms with Crippen molar-refractivity contribution in [2.75, 3.05) is 38.8 Å². The molecule has 1 aromatic carbocycles. The molecule has 6 nitrogen and oxygen atoms in total. The number of ether oxygens (including phenoxy) is 2. The predicted molar refractivity (Wildman–Crippen MR) is 88.6 cm³/mol. The second kappa shape index (κ2) is 7.53. The summed E-state index contributed by atoms with van der Waals surface area (Å²) in [6, 6.07) is 4.75. The molecule has 0 N–H and O–H groups in total. The summed E-state index contributed by atoms with van der Waals surface area (Å²) in [6.07, 6.45) is 3.75. The van der Waals surface area contributed by atoms with Crippen molar-refractivity contribution in [3.05, 3.63) is 30.2 Å². The van der Waals surface area contributed by atoms with Crippen molar-refractivity contribution in [2.45, 2.75) is 12.8 Å². The fourth-order valence-corrected chi connectivity index (χ4v) is 3.01. The first-order valence-corrected chi connectivity index (χ1v) is 7.98. The molecule has 1 unspecified atom stereocenters. The Balaban J connectivity index is 1.82. The number of hydrogen-bond acceptors (Lipinski definition) is 6. The topological polar surface area (TPSA) is 60.4 Å². The van der Waals surface area contributed by atoms with Gasteiger partial charge in [-0.05, 0) is 37.0 Å². The normalized spacial score (nSPS) is 17.8. The summed E-state index contributed by atoms with van der Waals surface area (Å²) < 4.78 is 24.1. The van der Waals surface area contributed by atoms with Crippen LogP contribution < -0.4 is 9.64 Å². The average Bonchev–Trinajstić information content (AvgIpc) is 2.62. The minimum absolute atomic E-state index is 0.208. The van der Waals surface area contributed by atoms with Gasteiger partial charge < -0.3 is 14.4 Å².